The molecule has 1 aromatic rings. The minimum Gasteiger partial charge on any atom is -0.385 e. The van der Waals surface area contributed by atoms with E-state index >= 15 is 0 Å². The summed E-state index contributed by atoms with van der Waals surface area (Å²) < 4.78 is 0. The van der Waals surface area contributed by atoms with Gasteiger partial charge in [-0.15, -0.1) is 0 Å². The Bertz CT molecular complexity index is 487. The highest BCUT2D eigenvalue weighted by molar-refractivity contribution is 5.86. The number of anilines is 1. The number of hydrogen-bond acceptors (Lipinski definition) is 3. The summed E-state index contributed by atoms with van der Waals surface area (Å²) in [5, 5.41) is 3.39. The molecule has 2 atom stereocenters. The molecule has 116 valence electrons. The van der Waals surface area contributed by atoms with Gasteiger partial charge < -0.3 is 15.1 Å². The van der Waals surface area contributed by atoms with Crippen molar-refractivity contribution in [2.75, 3.05) is 39.0 Å². The monoisotopic (exact) mass is 289 g/mol. The Hall–Kier alpha value is -1.55. The van der Waals surface area contributed by atoms with Crippen LogP contribution >= 0.6 is 0 Å². The molecule has 2 unspecified atom stereocenters. The van der Waals surface area contributed by atoms with Gasteiger partial charge in [0, 0.05) is 31.4 Å². The first-order chi connectivity index (χ1) is 10.0. The van der Waals surface area contributed by atoms with Crippen LogP contribution in [0.1, 0.15) is 31.7 Å². The molecular formula is C17H27N3O. The van der Waals surface area contributed by atoms with Gasteiger partial charge >= 0.3 is 0 Å². The Kier molecular flexibility index (Phi) is 5.23. The second-order valence-electron chi connectivity index (χ2n) is 6.09. The molecule has 1 heterocycles. The molecule has 1 aliphatic rings. The van der Waals surface area contributed by atoms with Crippen molar-refractivity contribution in [1.82, 2.24) is 9.80 Å². The van der Waals surface area contributed by atoms with Gasteiger partial charge in [0.1, 0.15) is 0 Å². The third-order valence-electron chi connectivity index (χ3n) is 4.17. The van der Waals surface area contributed by atoms with E-state index in [0.29, 0.717) is 0 Å². The van der Waals surface area contributed by atoms with Gasteiger partial charge in [0.2, 0.25) is 5.91 Å². The smallest absolute Gasteiger partial charge is 0.230 e. The minimum atomic E-state index is -0.00740. The van der Waals surface area contributed by atoms with Crippen LogP contribution in [0.2, 0.25) is 0 Å². The molecule has 1 N–H and O–H groups in total. The van der Waals surface area contributed by atoms with E-state index in [-0.39, 0.29) is 17.9 Å². The summed E-state index contributed by atoms with van der Waals surface area (Å²) in [7, 11) is 4.10. The SMILES string of the molecule is CCN(C(=O)C1CCNc2ccccc21)C(C)CN(C)C. The lowest BCUT2D eigenvalue weighted by molar-refractivity contribution is -0.135. The van der Waals surface area contributed by atoms with E-state index in [9.17, 15) is 4.79 Å². The molecule has 2 rings (SSSR count). The summed E-state index contributed by atoms with van der Waals surface area (Å²) >= 11 is 0. The summed E-state index contributed by atoms with van der Waals surface area (Å²) in [6.45, 7) is 6.73. The average Bonchev–Trinajstić information content (AvgIpc) is 2.46. The van der Waals surface area contributed by atoms with Crippen LogP contribution in [-0.4, -0.2) is 55.5 Å². The molecule has 0 spiro atoms. The number of carbonyl (C=O) groups is 1. The van der Waals surface area contributed by atoms with Crippen molar-refractivity contribution in [1.29, 1.82) is 0 Å². The van der Waals surface area contributed by atoms with Gasteiger partial charge in [0.15, 0.2) is 0 Å². The lowest BCUT2D eigenvalue weighted by Crippen LogP contribution is -2.46. The maximum atomic E-state index is 13.0. The highest BCUT2D eigenvalue weighted by Gasteiger charge is 2.31. The zero-order valence-corrected chi connectivity index (χ0v) is 13.6. The Morgan fingerprint density at radius 2 is 2.10 bits per heavy atom. The molecule has 4 nitrogen and oxygen atoms in total. The van der Waals surface area contributed by atoms with Crippen molar-refractivity contribution >= 4 is 11.6 Å². The van der Waals surface area contributed by atoms with Crippen molar-refractivity contribution in [2.24, 2.45) is 0 Å². The molecule has 1 aliphatic heterocycles. The zero-order valence-electron chi connectivity index (χ0n) is 13.6. The Labute approximate surface area is 128 Å². The number of hydrogen-bond donors (Lipinski definition) is 1. The van der Waals surface area contributed by atoms with Gasteiger partial charge in [-0.25, -0.2) is 0 Å². The van der Waals surface area contributed by atoms with Crippen LogP contribution in [-0.2, 0) is 4.79 Å². The summed E-state index contributed by atoms with van der Waals surface area (Å²) in [5.41, 5.74) is 2.25. The molecule has 0 saturated heterocycles. The van der Waals surface area contributed by atoms with E-state index < -0.39 is 0 Å². The Morgan fingerprint density at radius 3 is 2.76 bits per heavy atom. The number of nitrogens with one attached hydrogen (secondary N) is 1. The number of amides is 1. The van der Waals surface area contributed by atoms with Gasteiger partial charge in [-0.1, -0.05) is 18.2 Å². The molecule has 21 heavy (non-hydrogen) atoms. The fourth-order valence-corrected chi connectivity index (χ4v) is 3.24. The van der Waals surface area contributed by atoms with Crippen molar-refractivity contribution in [3.63, 3.8) is 0 Å². The standard InChI is InChI=1S/C17H27N3O/c1-5-20(13(2)12-19(3)4)17(21)15-10-11-18-16-9-7-6-8-14(15)16/h6-9,13,15,18H,5,10-12H2,1-4H3. The van der Waals surface area contributed by atoms with E-state index in [1.807, 2.05) is 17.0 Å². The highest BCUT2D eigenvalue weighted by Crippen LogP contribution is 2.33. The minimum absolute atomic E-state index is 0.00740. The third-order valence-corrected chi connectivity index (χ3v) is 4.17. The van der Waals surface area contributed by atoms with Crippen LogP contribution in [0.3, 0.4) is 0 Å². The number of likely N-dealkylation sites (N-methyl/N-ethyl adjacent to an activating group) is 2. The molecule has 1 amide bonds. The lowest BCUT2D eigenvalue weighted by atomic mass is 9.89. The molecule has 0 bridgehead atoms. The number of carbonyl (C=O) groups excluding carboxylic acids is 1. The summed E-state index contributed by atoms with van der Waals surface area (Å²) in [6, 6.07) is 8.42. The third kappa shape index (κ3) is 3.56. The largest absolute Gasteiger partial charge is 0.385 e. The summed E-state index contributed by atoms with van der Waals surface area (Å²) in [6.07, 6.45) is 0.876. The topological polar surface area (TPSA) is 35.6 Å². The first kappa shape index (κ1) is 15.8. The number of rotatable bonds is 5. The Morgan fingerprint density at radius 1 is 1.38 bits per heavy atom. The number of nitrogens with zero attached hydrogens (tertiary/aromatic N) is 2. The van der Waals surface area contributed by atoms with Gasteiger partial charge in [-0.3, -0.25) is 4.79 Å². The van der Waals surface area contributed by atoms with E-state index in [1.54, 1.807) is 0 Å². The maximum Gasteiger partial charge on any atom is 0.230 e. The molecule has 1 aromatic carbocycles. The molecule has 0 aromatic heterocycles. The van der Waals surface area contributed by atoms with Crippen molar-refractivity contribution in [3.8, 4) is 0 Å². The van der Waals surface area contributed by atoms with Gasteiger partial charge in [-0.2, -0.15) is 0 Å². The molecule has 0 saturated carbocycles. The van der Waals surface area contributed by atoms with Gasteiger partial charge in [0.25, 0.3) is 0 Å². The van der Waals surface area contributed by atoms with Crippen molar-refractivity contribution in [2.45, 2.75) is 32.2 Å². The second kappa shape index (κ2) is 6.94. The molecule has 0 radical (unpaired) electrons. The summed E-state index contributed by atoms with van der Waals surface area (Å²) in [4.78, 5) is 17.2. The first-order valence-corrected chi connectivity index (χ1v) is 7.82. The van der Waals surface area contributed by atoms with E-state index in [0.717, 1.165) is 37.3 Å². The van der Waals surface area contributed by atoms with Crippen molar-refractivity contribution in [3.05, 3.63) is 29.8 Å². The van der Waals surface area contributed by atoms with Crippen LogP contribution in [0, 0.1) is 0 Å². The predicted molar refractivity (Wildman–Crippen MR) is 87.7 cm³/mol. The number of benzene rings is 1. The molecular weight excluding hydrogens is 262 g/mol. The second-order valence-corrected chi connectivity index (χ2v) is 6.09. The number of fused-ring (bicyclic) bond motifs is 1. The van der Waals surface area contributed by atoms with E-state index in [2.05, 4.69) is 50.3 Å². The van der Waals surface area contributed by atoms with E-state index in [4.69, 9.17) is 0 Å². The lowest BCUT2D eigenvalue weighted by Gasteiger charge is -2.35. The van der Waals surface area contributed by atoms with Gasteiger partial charge in [0.05, 0.1) is 5.92 Å². The van der Waals surface area contributed by atoms with Gasteiger partial charge in [-0.05, 0) is 46.0 Å². The fraction of sp³-hybridized carbons (Fsp3) is 0.588. The molecule has 0 fully saturated rings. The Balaban J connectivity index is 2.19. The average molecular weight is 289 g/mol. The van der Waals surface area contributed by atoms with Crippen LogP contribution in [0.15, 0.2) is 24.3 Å². The normalized spacial score (nSPS) is 18.8. The fourth-order valence-electron chi connectivity index (χ4n) is 3.24. The maximum absolute atomic E-state index is 13.0. The zero-order chi connectivity index (χ0) is 15.4. The summed E-state index contributed by atoms with van der Waals surface area (Å²) in [5.74, 6) is 0.257. The van der Waals surface area contributed by atoms with Crippen molar-refractivity contribution < 1.29 is 4.79 Å². The predicted octanol–water partition coefficient (Wildman–Crippen LogP) is 2.38. The van der Waals surface area contributed by atoms with E-state index in [1.165, 1.54) is 0 Å². The number of para-hydroxylation sites is 1. The highest BCUT2D eigenvalue weighted by atomic mass is 16.2. The molecule has 4 heteroatoms. The van der Waals surface area contributed by atoms with Crippen LogP contribution < -0.4 is 5.32 Å². The molecule has 0 aliphatic carbocycles. The first-order valence-electron chi connectivity index (χ1n) is 7.82. The van der Waals surface area contributed by atoms with Crippen LogP contribution in [0.5, 0.6) is 0 Å². The quantitative estimate of drug-likeness (QED) is 0.904. The van der Waals surface area contributed by atoms with Crippen LogP contribution in [0.25, 0.3) is 0 Å². The van der Waals surface area contributed by atoms with Crippen LogP contribution in [0.4, 0.5) is 5.69 Å².